The summed E-state index contributed by atoms with van der Waals surface area (Å²) in [5, 5.41) is 1.83. The summed E-state index contributed by atoms with van der Waals surface area (Å²) in [5.41, 5.74) is 1.07. The van der Waals surface area contributed by atoms with E-state index < -0.39 is 5.97 Å². The summed E-state index contributed by atoms with van der Waals surface area (Å²) >= 11 is 0. The van der Waals surface area contributed by atoms with Gasteiger partial charge in [0.15, 0.2) is 0 Å². The van der Waals surface area contributed by atoms with Gasteiger partial charge in [-0.05, 0) is 19.1 Å². The van der Waals surface area contributed by atoms with Crippen molar-refractivity contribution in [3.63, 3.8) is 0 Å². The zero-order valence-corrected chi connectivity index (χ0v) is 9.98. The maximum atomic E-state index is 11.5. The maximum Gasteiger partial charge on any atom is 0.356 e. The van der Waals surface area contributed by atoms with Gasteiger partial charge in [0.25, 0.3) is 0 Å². The number of aromatic nitrogens is 1. The number of esters is 1. The van der Waals surface area contributed by atoms with Gasteiger partial charge in [0.1, 0.15) is 11.4 Å². The second-order valence-electron chi connectivity index (χ2n) is 3.64. The first-order valence-corrected chi connectivity index (χ1v) is 5.20. The summed E-state index contributed by atoms with van der Waals surface area (Å²) in [6, 6.07) is 7.38. The van der Waals surface area contributed by atoms with Crippen molar-refractivity contribution < 1.29 is 14.3 Å². The van der Waals surface area contributed by atoms with Crippen molar-refractivity contribution in [1.29, 1.82) is 0 Å². The minimum absolute atomic E-state index is 0.294. The van der Waals surface area contributed by atoms with E-state index in [0.29, 0.717) is 5.69 Å². The van der Waals surface area contributed by atoms with Crippen LogP contribution in [-0.4, -0.2) is 25.2 Å². The molecule has 17 heavy (non-hydrogen) atoms. The summed E-state index contributed by atoms with van der Waals surface area (Å²) in [7, 11) is 2.94. The molecule has 0 aliphatic heterocycles. The van der Waals surface area contributed by atoms with E-state index in [1.807, 2.05) is 25.1 Å². The number of hydrogen-bond acceptors (Lipinski definition) is 4. The van der Waals surface area contributed by atoms with Crippen molar-refractivity contribution in [3.8, 4) is 5.75 Å². The number of aryl methyl sites for hydroxylation is 1. The van der Waals surface area contributed by atoms with Crippen LogP contribution in [-0.2, 0) is 4.74 Å². The molecule has 0 spiro atoms. The maximum absolute atomic E-state index is 11.5. The van der Waals surface area contributed by atoms with Crippen LogP contribution < -0.4 is 4.74 Å². The van der Waals surface area contributed by atoms with Crippen LogP contribution in [0.2, 0.25) is 0 Å². The van der Waals surface area contributed by atoms with Crippen molar-refractivity contribution >= 4 is 16.7 Å². The summed E-state index contributed by atoms with van der Waals surface area (Å²) in [4.78, 5) is 15.7. The van der Waals surface area contributed by atoms with Gasteiger partial charge in [0.2, 0.25) is 0 Å². The number of methoxy groups -OCH3 is 2. The van der Waals surface area contributed by atoms with E-state index in [1.165, 1.54) is 7.11 Å². The van der Waals surface area contributed by atoms with Crippen LogP contribution in [0.15, 0.2) is 24.3 Å². The lowest BCUT2D eigenvalue weighted by molar-refractivity contribution is 0.0594. The number of fused-ring (bicyclic) bond motifs is 1. The molecule has 0 N–H and O–H groups in total. The largest absolute Gasteiger partial charge is 0.496 e. The molecule has 0 unspecified atom stereocenters. The van der Waals surface area contributed by atoms with Gasteiger partial charge in [-0.25, -0.2) is 9.78 Å². The lowest BCUT2D eigenvalue weighted by Crippen LogP contribution is -2.05. The molecule has 0 fully saturated rings. The van der Waals surface area contributed by atoms with Gasteiger partial charge in [0.05, 0.1) is 14.2 Å². The summed E-state index contributed by atoms with van der Waals surface area (Å²) in [6.07, 6.45) is 0. The van der Waals surface area contributed by atoms with Crippen LogP contribution in [0.4, 0.5) is 0 Å². The monoisotopic (exact) mass is 231 g/mol. The van der Waals surface area contributed by atoms with Crippen LogP contribution >= 0.6 is 0 Å². The molecular formula is C13H13NO3. The van der Waals surface area contributed by atoms with E-state index in [4.69, 9.17) is 4.74 Å². The van der Waals surface area contributed by atoms with Crippen LogP contribution in [0.5, 0.6) is 5.75 Å². The molecule has 0 bridgehead atoms. The van der Waals surface area contributed by atoms with Gasteiger partial charge < -0.3 is 9.47 Å². The van der Waals surface area contributed by atoms with Gasteiger partial charge in [0, 0.05) is 16.5 Å². The second-order valence-corrected chi connectivity index (χ2v) is 3.64. The molecule has 1 heterocycles. The Morgan fingerprint density at radius 2 is 2.00 bits per heavy atom. The van der Waals surface area contributed by atoms with Crippen molar-refractivity contribution in [2.24, 2.45) is 0 Å². The molecule has 0 amide bonds. The topological polar surface area (TPSA) is 48.4 Å². The lowest BCUT2D eigenvalue weighted by atomic mass is 10.1. The van der Waals surface area contributed by atoms with Crippen molar-refractivity contribution in [2.45, 2.75) is 6.92 Å². The Labute approximate surface area is 99.2 Å². The predicted molar refractivity (Wildman–Crippen MR) is 64.4 cm³/mol. The highest BCUT2D eigenvalue weighted by Gasteiger charge is 2.12. The molecule has 0 saturated heterocycles. The average Bonchev–Trinajstić information content (AvgIpc) is 2.37. The Bertz CT molecular complexity index is 578. The van der Waals surface area contributed by atoms with Gasteiger partial charge in [-0.1, -0.05) is 12.1 Å². The number of carbonyl (C=O) groups is 1. The minimum atomic E-state index is -0.444. The Hall–Kier alpha value is -2.10. The van der Waals surface area contributed by atoms with Gasteiger partial charge in [-0.3, -0.25) is 0 Å². The van der Waals surface area contributed by atoms with Gasteiger partial charge in [-0.2, -0.15) is 0 Å². The van der Waals surface area contributed by atoms with Crippen molar-refractivity contribution in [3.05, 3.63) is 35.7 Å². The van der Waals surface area contributed by atoms with Gasteiger partial charge >= 0.3 is 5.97 Å². The molecule has 2 rings (SSSR count). The lowest BCUT2D eigenvalue weighted by Gasteiger charge is -2.08. The zero-order chi connectivity index (χ0) is 12.4. The first kappa shape index (κ1) is 11.4. The fourth-order valence-electron chi connectivity index (χ4n) is 1.81. The number of pyridine rings is 1. The summed E-state index contributed by atoms with van der Waals surface area (Å²) in [5.74, 6) is 0.277. The number of hydrogen-bond donors (Lipinski definition) is 0. The van der Waals surface area contributed by atoms with E-state index in [-0.39, 0.29) is 0 Å². The van der Waals surface area contributed by atoms with E-state index >= 15 is 0 Å². The third-order valence-corrected chi connectivity index (χ3v) is 2.64. The molecule has 1 aromatic heterocycles. The van der Waals surface area contributed by atoms with E-state index in [2.05, 4.69) is 9.72 Å². The SMILES string of the molecule is COC(=O)c1cc2c(OC)cccc2c(C)n1. The molecule has 0 aliphatic carbocycles. The molecule has 0 radical (unpaired) electrons. The molecule has 1 aromatic carbocycles. The Morgan fingerprint density at radius 1 is 1.24 bits per heavy atom. The Morgan fingerprint density at radius 3 is 2.65 bits per heavy atom. The zero-order valence-electron chi connectivity index (χ0n) is 9.98. The fourth-order valence-corrected chi connectivity index (χ4v) is 1.81. The van der Waals surface area contributed by atoms with E-state index in [0.717, 1.165) is 22.2 Å². The van der Waals surface area contributed by atoms with Crippen LogP contribution in [0, 0.1) is 6.92 Å². The van der Waals surface area contributed by atoms with Crippen LogP contribution in [0.1, 0.15) is 16.2 Å². The third kappa shape index (κ3) is 1.93. The highest BCUT2D eigenvalue weighted by molar-refractivity contribution is 5.96. The van der Waals surface area contributed by atoms with Crippen LogP contribution in [0.25, 0.3) is 10.8 Å². The second kappa shape index (κ2) is 4.41. The highest BCUT2D eigenvalue weighted by atomic mass is 16.5. The Kier molecular flexibility index (Phi) is 2.95. The van der Waals surface area contributed by atoms with Crippen molar-refractivity contribution in [2.75, 3.05) is 14.2 Å². The predicted octanol–water partition coefficient (Wildman–Crippen LogP) is 2.34. The molecule has 0 aliphatic rings. The third-order valence-electron chi connectivity index (χ3n) is 2.64. The Balaban J connectivity index is 2.74. The smallest absolute Gasteiger partial charge is 0.356 e. The number of ether oxygens (including phenoxy) is 2. The molecule has 4 heteroatoms. The van der Waals surface area contributed by atoms with Crippen molar-refractivity contribution in [1.82, 2.24) is 4.98 Å². The molecule has 0 saturated carbocycles. The van der Waals surface area contributed by atoms with Crippen LogP contribution in [0.3, 0.4) is 0 Å². The first-order chi connectivity index (χ1) is 8.17. The molecule has 0 atom stereocenters. The molecule has 2 aromatic rings. The van der Waals surface area contributed by atoms with Gasteiger partial charge in [-0.15, -0.1) is 0 Å². The first-order valence-electron chi connectivity index (χ1n) is 5.20. The van der Waals surface area contributed by atoms with E-state index in [9.17, 15) is 4.79 Å². The molecular weight excluding hydrogens is 218 g/mol. The number of rotatable bonds is 2. The number of nitrogens with zero attached hydrogens (tertiary/aromatic N) is 1. The fraction of sp³-hybridized carbons (Fsp3) is 0.231. The molecule has 4 nitrogen and oxygen atoms in total. The van der Waals surface area contributed by atoms with E-state index in [1.54, 1.807) is 13.2 Å². The molecule has 88 valence electrons. The summed E-state index contributed by atoms with van der Waals surface area (Å²) in [6.45, 7) is 1.86. The minimum Gasteiger partial charge on any atom is -0.496 e. The highest BCUT2D eigenvalue weighted by Crippen LogP contribution is 2.27. The number of benzene rings is 1. The quantitative estimate of drug-likeness (QED) is 0.744. The average molecular weight is 231 g/mol. The standard InChI is InChI=1S/C13H13NO3/c1-8-9-5-4-6-12(16-2)10(9)7-11(14-8)13(15)17-3/h4-7H,1-3H3. The summed E-state index contributed by atoms with van der Waals surface area (Å²) < 4.78 is 9.94. The normalized spacial score (nSPS) is 10.3. The number of carbonyl (C=O) groups excluding carboxylic acids is 1.